The molecule has 0 radical (unpaired) electrons. The molecule has 1 heterocycles. The zero-order chi connectivity index (χ0) is 23.1. The molecule has 0 bridgehead atoms. The first-order chi connectivity index (χ1) is 15.4. The second-order valence-corrected chi connectivity index (χ2v) is 7.80. The molecule has 0 aromatic heterocycles. The number of hydrogen-bond acceptors (Lipinski definition) is 8. The van der Waals surface area contributed by atoms with Gasteiger partial charge in [-0.1, -0.05) is 6.07 Å². The van der Waals surface area contributed by atoms with Crippen molar-refractivity contribution in [1.29, 1.82) is 0 Å². The second kappa shape index (κ2) is 10.8. The van der Waals surface area contributed by atoms with Gasteiger partial charge in [-0.3, -0.25) is 24.6 Å². The molecule has 0 spiro atoms. The van der Waals surface area contributed by atoms with Crippen molar-refractivity contribution >= 4 is 34.7 Å². The minimum Gasteiger partial charge on any atom is -0.493 e. The predicted octanol–water partition coefficient (Wildman–Crippen LogP) is 4.26. The third kappa shape index (κ3) is 5.65. The van der Waals surface area contributed by atoms with E-state index in [4.69, 9.17) is 14.2 Å². The SMILES string of the molecule is COCCCN1C(=O)S/C(=C/c2ccc(OCc3ccc([N+](=O)[O-])cc3)c(OC)c2)C1=O. The summed E-state index contributed by atoms with van der Waals surface area (Å²) in [5, 5.41) is 10.5. The third-order valence-electron chi connectivity index (χ3n) is 4.63. The zero-order valence-corrected chi connectivity index (χ0v) is 18.4. The standard InChI is InChI=1S/C22H22N2O7S/c1-29-11-3-10-23-21(25)20(32-22(23)26)13-16-6-9-18(19(12-16)30-2)31-14-15-4-7-17(8-5-15)24(27)28/h4-9,12-13H,3,10-11,14H2,1-2H3/b20-13+. The fraction of sp³-hybridized carbons (Fsp3) is 0.273. The molecule has 2 aromatic rings. The van der Waals surface area contributed by atoms with Gasteiger partial charge in [0.1, 0.15) is 6.61 Å². The van der Waals surface area contributed by atoms with E-state index in [0.717, 1.165) is 17.3 Å². The van der Waals surface area contributed by atoms with Gasteiger partial charge in [-0.15, -0.1) is 0 Å². The molecular formula is C22H22N2O7S. The number of carbonyl (C=O) groups is 2. The Bertz CT molecular complexity index is 1040. The molecule has 1 aliphatic heterocycles. The summed E-state index contributed by atoms with van der Waals surface area (Å²) in [5.41, 5.74) is 1.47. The van der Waals surface area contributed by atoms with Crippen molar-refractivity contribution in [2.75, 3.05) is 27.4 Å². The van der Waals surface area contributed by atoms with Crippen molar-refractivity contribution in [1.82, 2.24) is 4.90 Å². The largest absolute Gasteiger partial charge is 0.493 e. The Labute approximate surface area is 189 Å². The summed E-state index contributed by atoms with van der Waals surface area (Å²) < 4.78 is 16.2. The Morgan fingerprint density at radius 1 is 1.09 bits per heavy atom. The summed E-state index contributed by atoms with van der Waals surface area (Å²) in [7, 11) is 3.07. The minimum atomic E-state index is -0.458. The lowest BCUT2D eigenvalue weighted by Gasteiger charge is -2.12. The highest BCUT2D eigenvalue weighted by Gasteiger charge is 2.34. The lowest BCUT2D eigenvalue weighted by atomic mass is 10.1. The molecule has 0 saturated carbocycles. The highest BCUT2D eigenvalue weighted by Crippen LogP contribution is 2.35. The number of methoxy groups -OCH3 is 2. The van der Waals surface area contributed by atoms with Crippen LogP contribution in [0.25, 0.3) is 6.08 Å². The number of imide groups is 1. The monoisotopic (exact) mass is 458 g/mol. The number of hydrogen-bond donors (Lipinski definition) is 0. The van der Waals surface area contributed by atoms with Gasteiger partial charge in [0.05, 0.1) is 16.9 Å². The molecule has 32 heavy (non-hydrogen) atoms. The summed E-state index contributed by atoms with van der Waals surface area (Å²) >= 11 is 0.901. The molecule has 0 aliphatic carbocycles. The summed E-state index contributed by atoms with van der Waals surface area (Å²) in [4.78, 5) is 36.5. The number of ether oxygens (including phenoxy) is 3. The van der Waals surface area contributed by atoms with Crippen LogP contribution in [0, 0.1) is 10.1 Å². The van der Waals surface area contributed by atoms with Gasteiger partial charge in [0, 0.05) is 32.4 Å². The molecule has 1 aliphatic rings. The van der Waals surface area contributed by atoms with E-state index >= 15 is 0 Å². The van der Waals surface area contributed by atoms with Crippen LogP contribution in [0.15, 0.2) is 47.4 Å². The number of non-ortho nitro benzene ring substituents is 1. The maximum atomic E-state index is 12.5. The van der Waals surface area contributed by atoms with Crippen molar-refractivity contribution in [2.45, 2.75) is 13.0 Å². The molecule has 10 heteroatoms. The van der Waals surface area contributed by atoms with E-state index in [2.05, 4.69) is 0 Å². The summed E-state index contributed by atoms with van der Waals surface area (Å²) in [5.74, 6) is 0.615. The highest BCUT2D eigenvalue weighted by molar-refractivity contribution is 8.18. The molecule has 2 amide bonds. The molecule has 0 unspecified atom stereocenters. The van der Waals surface area contributed by atoms with Crippen LogP contribution in [0.2, 0.25) is 0 Å². The number of nitro benzene ring substituents is 1. The normalized spacial score (nSPS) is 14.8. The number of benzene rings is 2. The van der Waals surface area contributed by atoms with E-state index in [9.17, 15) is 19.7 Å². The Morgan fingerprint density at radius 3 is 2.50 bits per heavy atom. The third-order valence-corrected chi connectivity index (χ3v) is 5.54. The fourth-order valence-corrected chi connectivity index (χ4v) is 3.84. The Kier molecular flexibility index (Phi) is 7.85. The molecule has 1 fully saturated rings. The predicted molar refractivity (Wildman–Crippen MR) is 120 cm³/mol. The first-order valence-electron chi connectivity index (χ1n) is 9.71. The average Bonchev–Trinajstić information content (AvgIpc) is 3.05. The first kappa shape index (κ1) is 23.3. The van der Waals surface area contributed by atoms with E-state index in [1.165, 1.54) is 24.1 Å². The van der Waals surface area contributed by atoms with Gasteiger partial charge in [-0.05, 0) is 59.7 Å². The fourth-order valence-electron chi connectivity index (χ4n) is 2.98. The van der Waals surface area contributed by atoms with Crippen LogP contribution in [-0.2, 0) is 16.1 Å². The van der Waals surface area contributed by atoms with Crippen LogP contribution in [0.3, 0.4) is 0 Å². The number of nitrogens with zero attached hydrogens (tertiary/aromatic N) is 2. The van der Waals surface area contributed by atoms with Gasteiger partial charge in [0.25, 0.3) is 16.8 Å². The van der Waals surface area contributed by atoms with Crippen LogP contribution >= 0.6 is 11.8 Å². The quantitative estimate of drug-likeness (QED) is 0.225. The molecule has 9 nitrogen and oxygen atoms in total. The molecule has 168 valence electrons. The van der Waals surface area contributed by atoms with Crippen molar-refractivity contribution in [3.8, 4) is 11.5 Å². The van der Waals surface area contributed by atoms with Crippen molar-refractivity contribution < 1.29 is 28.7 Å². The van der Waals surface area contributed by atoms with Crippen molar-refractivity contribution in [3.63, 3.8) is 0 Å². The summed E-state index contributed by atoms with van der Waals surface area (Å²) in [6.07, 6.45) is 2.22. The number of nitro groups is 1. The lowest BCUT2D eigenvalue weighted by molar-refractivity contribution is -0.384. The lowest BCUT2D eigenvalue weighted by Crippen LogP contribution is -2.29. The molecule has 2 aromatic carbocycles. The van der Waals surface area contributed by atoms with Gasteiger partial charge in [-0.25, -0.2) is 0 Å². The van der Waals surface area contributed by atoms with E-state index in [-0.39, 0.29) is 23.4 Å². The van der Waals surface area contributed by atoms with Gasteiger partial charge >= 0.3 is 0 Å². The van der Waals surface area contributed by atoms with E-state index < -0.39 is 4.92 Å². The van der Waals surface area contributed by atoms with Gasteiger partial charge in [0.2, 0.25) is 0 Å². The maximum absolute atomic E-state index is 12.5. The summed E-state index contributed by atoms with van der Waals surface area (Å²) in [6.45, 7) is 0.988. The number of carbonyl (C=O) groups excluding carboxylic acids is 2. The van der Waals surface area contributed by atoms with Crippen LogP contribution in [0.5, 0.6) is 11.5 Å². The van der Waals surface area contributed by atoms with Gasteiger partial charge in [-0.2, -0.15) is 0 Å². The number of thioether (sulfide) groups is 1. The van der Waals surface area contributed by atoms with E-state index in [1.54, 1.807) is 43.5 Å². The molecular weight excluding hydrogens is 436 g/mol. The van der Waals surface area contributed by atoms with Gasteiger partial charge in [0.15, 0.2) is 11.5 Å². The maximum Gasteiger partial charge on any atom is 0.293 e. The molecule has 3 rings (SSSR count). The first-order valence-corrected chi connectivity index (χ1v) is 10.5. The average molecular weight is 458 g/mol. The van der Waals surface area contributed by atoms with Crippen LogP contribution < -0.4 is 9.47 Å². The topological polar surface area (TPSA) is 108 Å². The number of rotatable bonds is 10. The van der Waals surface area contributed by atoms with Crippen molar-refractivity contribution in [3.05, 3.63) is 68.6 Å². The van der Waals surface area contributed by atoms with E-state index in [0.29, 0.717) is 41.5 Å². The highest BCUT2D eigenvalue weighted by atomic mass is 32.2. The summed E-state index contributed by atoms with van der Waals surface area (Å²) in [6, 6.07) is 11.3. The van der Waals surface area contributed by atoms with E-state index in [1.807, 2.05) is 0 Å². The minimum absolute atomic E-state index is 0.0128. The number of amides is 2. The van der Waals surface area contributed by atoms with Gasteiger partial charge < -0.3 is 14.2 Å². The van der Waals surface area contributed by atoms with Crippen molar-refractivity contribution in [2.24, 2.45) is 0 Å². The molecule has 1 saturated heterocycles. The molecule has 0 atom stereocenters. The van der Waals surface area contributed by atoms with Crippen LogP contribution in [0.4, 0.5) is 10.5 Å². The smallest absolute Gasteiger partial charge is 0.293 e. The molecule has 0 N–H and O–H groups in total. The Hall–Kier alpha value is -3.37. The van der Waals surface area contributed by atoms with Crippen LogP contribution in [0.1, 0.15) is 17.5 Å². The van der Waals surface area contributed by atoms with Crippen LogP contribution in [-0.4, -0.2) is 48.3 Å². The Morgan fingerprint density at radius 2 is 1.84 bits per heavy atom. The second-order valence-electron chi connectivity index (χ2n) is 6.80. The Balaban J connectivity index is 1.69. The zero-order valence-electron chi connectivity index (χ0n) is 17.6.